The monoisotopic (exact) mass is 574 g/mol. The molecule has 12 heteroatoms. The minimum absolute atomic E-state index is 0.0212. The Morgan fingerprint density at radius 2 is 1.81 bits per heavy atom. The molecule has 0 radical (unpaired) electrons. The van der Waals surface area contributed by atoms with E-state index in [-0.39, 0.29) is 24.0 Å². The van der Waals surface area contributed by atoms with Gasteiger partial charge in [0.25, 0.3) is 5.91 Å². The fourth-order valence-corrected chi connectivity index (χ4v) is 6.11. The minimum Gasteiger partial charge on any atom is -0.493 e. The standard InChI is InChI=1S/C30H28F2N6O4/c1-14-23(15(2)36-35-14)16-5-7-18(8-6-16)33-28(39)26(34-29(40)27-25(17-3-4-17)37-42-38-27)24-19-11-20(31)21(32)12-22(19)41-13-30(24)9-10-30/h5-8,11-12,17,24,26H,3-4,9-10,13H2,1-2H3,(H,33,39)(H,34,40)(H,35,36)/t24?,26-/m0/s1. The molecule has 0 saturated heterocycles. The van der Waals surface area contributed by atoms with Crippen LogP contribution in [0.15, 0.2) is 41.0 Å². The topological polar surface area (TPSA) is 135 Å². The van der Waals surface area contributed by atoms with Crippen LogP contribution in [0.3, 0.4) is 0 Å². The average Bonchev–Trinajstić information content (AvgIpc) is 3.89. The van der Waals surface area contributed by atoms with Crippen LogP contribution in [0.2, 0.25) is 0 Å². The molecule has 3 heterocycles. The van der Waals surface area contributed by atoms with Crippen LogP contribution in [0, 0.1) is 30.9 Å². The summed E-state index contributed by atoms with van der Waals surface area (Å²) in [4.78, 5) is 27.6. The number of hydrogen-bond donors (Lipinski definition) is 3. The van der Waals surface area contributed by atoms with Gasteiger partial charge < -0.3 is 15.4 Å². The van der Waals surface area contributed by atoms with E-state index in [0.717, 1.165) is 47.5 Å². The first-order valence-corrected chi connectivity index (χ1v) is 13.9. The van der Waals surface area contributed by atoms with Crippen molar-refractivity contribution in [3.63, 3.8) is 0 Å². The molecule has 0 bridgehead atoms. The molecule has 2 aromatic carbocycles. The van der Waals surface area contributed by atoms with Gasteiger partial charge in [-0.3, -0.25) is 14.7 Å². The molecule has 3 aliphatic rings. The number of aromatic nitrogens is 4. The van der Waals surface area contributed by atoms with Gasteiger partial charge in [-0.15, -0.1) is 0 Å². The number of carbonyl (C=O) groups excluding carboxylic acids is 2. The molecular weight excluding hydrogens is 546 g/mol. The van der Waals surface area contributed by atoms with Crippen LogP contribution in [0.5, 0.6) is 5.75 Å². The van der Waals surface area contributed by atoms with E-state index in [1.807, 2.05) is 26.0 Å². The molecule has 2 atom stereocenters. The number of aromatic amines is 1. The molecule has 1 unspecified atom stereocenters. The van der Waals surface area contributed by atoms with Crippen molar-refractivity contribution in [2.45, 2.75) is 57.4 Å². The summed E-state index contributed by atoms with van der Waals surface area (Å²) in [6, 6.07) is 8.19. The quantitative estimate of drug-likeness (QED) is 0.285. The number of anilines is 1. The van der Waals surface area contributed by atoms with Crippen LogP contribution in [0.1, 0.15) is 70.7 Å². The SMILES string of the molecule is Cc1n[nH]c(C)c1-c1ccc(NC(=O)[C@@H](NC(=O)c2nonc2C2CC2)C2c3cc(F)c(F)cc3OCC23CC3)cc1. The number of ether oxygens (including phenoxy) is 1. The van der Waals surface area contributed by atoms with E-state index in [1.54, 1.807) is 12.1 Å². The number of rotatable bonds is 7. The molecule has 1 aliphatic heterocycles. The lowest BCUT2D eigenvalue weighted by molar-refractivity contribution is -0.119. The number of hydrogen-bond acceptors (Lipinski definition) is 7. The Balaban J connectivity index is 1.23. The van der Waals surface area contributed by atoms with Crippen molar-refractivity contribution < 1.29 is 27.7 Å². The maximum absolute atomic E-state index is 14.6. The van der Waals surface area contributed by atoms with Gasteiger partial charge in [-0.2, -0.15) is 5.10 Å². The fourth-order valence-electron chi connectivity index (χ4n) is 6.11. The summed E-state index contributed by atoms with van der Waals surface area (Å²) in [5, 5.41) is 20.7. The number of halogens is 2. The molecule has 2 aromatic heterocycles. The van der Waals surface area contributed by atoms with Crippen molar-refractivity contribution >= 4 is 17.5 Å². The molecule has 2 aliphatic carbocycles. The van der Waals surface area contributed by atoms with E-state index >= 15 is 0 Å². The second kappa shape index (κ2) is 9.74. The lowest BCUT2D eigenvalue weighted by Gasteiger charge is -2.38. The van der Waals surface area contributed by atoms with E-state index < -0.39 is 40.8 Å². The molecule has 3 N–H and O–H groups in total. The third-order valence-corrected chi connectivity index (χ3v) is 8.62. The molecule has 2 amide bonds. The second-order valence-electron chi connectivity index (χ2n) is 11.5. The minimum atomic E-state index is -1.16. The zero-order chi connectivity index (χ0) is 29.2. The predicted octanol–water partition coefficient (Wildman–Crippen LogP) is 4.93. The lowest BCUT2D eigenvalue weighted by atomic mass is 9.75. The van der Waals surface area contributed by atoms with Crippen LogP contribution in [0.25, 0.3) is 11.1 Å². The van der Waals surface area contributed by atoms with Gasteiger partial charge in [0.05, 0.1) is 12.3 Å². The van der Waals surface area contributed by atoms with Gasteiger partial charge in [-0.1, -0.05) is 17.3 Å². The highest BCUT2D eigenvalue weighted by Crippen LogP contribution is 2.61. The van der Waals surface area contributed by atoms with Crippen LogP contribution in [0.4, 0.5) is 14.5 Å². The van der Waals surface area contributed by atoms with Gasteiger partial charge in [0.2, 0.25) is 5.91 Å². The zero-order valence-corrected chi connectivity index (χ0v) is 23.0. The Hall–Kier alpha value is -4.61. The predicted molar refractivity (Wildman–Crippen MR) is 146 cm³/mol. The largest absolute Gasteiger partial charge is 0.493 e. The third kappa shape index (κ3) is 4.50. The summed E-state index contributed by atoms with van der Waals surface area (Å²) in [5.74, 6) is -3.67. The number of benzene rings is 2. The van der Waals surface area contributed by atoms with Crippen molar-refractivity contribution in [3.05, 3.63) is 76.4 Å². The molecule has 2 saturated carbocycles. The van der Waals surface area contributed by atoms with E-state index in [2.05, 4.69) is 31.1 Å². The van der Waals surface area contributed by atoms with E-state index in [0.29, 0.717) is 29.8 Å². The van der Waals surface area contributed by atoms with Gasteiger partial charge in [-0.05, 0) is 68.4 Å². The van der Waals surface area contributed by atoms with Gasteiger partial charge in [0.15, 0.2) is 17.3 Å². The average molecular weight is 575 g/mol. The van der Waals surface area contributed by atoms with Crippen molar-refractivity contribution in [1.29, 1.82) is 0 Å². The molecule has 10 nitrogen and oxygen atoms in total. The maximum atomic E-state index is 14.6. The summed E-state index contributed by atoms with van der Waals surface area (Å²) < 4.78 is 39.4. The van der Waals surface area contributed by atoms with Crippen molar-refractivity contribution in [2.75, 3.05) is 11.9 Å². The molecule has 2 fully saturated rings. The molecule has 1 spiro atoms. The number of nitrogens with zero attached hydrogens (tertiary/aromatic N) is 3. The molecule has 42 heavy (non-hydrogen) atoms. The number of carbonyl (C=O) groups is 2. The Kier molecular flexibility index (Phi) is 6.10. The first-order valence-electron chi connectivity index (χ1n) is 13.9. The molecule has 7 rings (SSSR count). The molecular formula is C30H28F2N6O4. The Labute approximate surface area is 239 Å². The van der Waals surface area contributed by atoms with Crippen LogP contribution in [-0.4, -0.2) is 45.0 Å². The van der Waals surface area contributed by atoms with Crippen molar-refractivity contribution in [3.8, 4) is 16.9 Å². The van der Waals surface area contributed by atoms with Crippen molar-refractivity contribution in [1.82, 2.24) is 25.8 Å². The molecule has 216 valence electrons. The van der Waals surface area contributed by atoms with Gasteiger partial charge in [0.1, 0.15) is 17.5 Å². The van der Waals surface area contributed by atoms with Gasteiger partial charge >= 0.3 is 0 Å². The summed E-state index contributed by atoms with van der Waals surface area (Å²) in [6.45, 7) is 4.06. The van der Waals surface area contributed by atoms with E-state index in [4.69, 9.17) is 9.37 Å². The normalized spacial score (nSPS) is 19.1. The Morgan fingerprint density at radius 1 is 1.07 bits per heavy atom. The fraction of sp³-hybridized carbons (Fsp3) is 0.367. The number of H-pyrrole nitrogens is 1. The second-order valence-corrected chi connectivity index (χ2v) is 11.5. The van der Waals surface area contributed by atoms with E-state index in [9.17, 15) is 18.4 Å². The van der Waals surface area contributed by atoms with Crippen LogP contribution < -0.4 is 15.4 Å². The molecule has 4 aromatic rings. The van der Waals surface area contributed by atoms with Crippen LogP contribution >= 0.6 is 0 Å². The summed E-state index contributed by atoms with van der Waals surface area (Å²) in [6.07, 6.45) is 3.14. The zero-order valence-electron chi connectivity index (χ0n) is 23.0. The van der Waals surface area contributed by atoms with Crippen LogP contribution in [-0.2, 0) is 4.79 Å². The Morgan fingerprint density at radius 3 is 2.48 bits per heavy atom. The number of fused-ring (bicyclic) bond motifs is 1. The lowest BCUT2D eigenvalue weighted by Crippen LogP contribution is -2.52. The Bertz CT molecular complexity index is 1690. The number of amides is 2. The highest BCUT2D eigenvalue weighted by molar-refractivity contribution is 6.01. The summed E-state index contributed by atoms with van der Waals surface area (Å²) in [5.41, 5.74) is 4.49. The maximum Gasteiger partial charge on any atom is 0.276 e. The smallest absolute Gasteiger partial charge is 0.276 e. The van der Waals surface area contributed by atoms with E-state index in [1.165, 1.54) is 0 Å². The third-order valence-electron chi connectivity index (χ3n) is 8.62. The highest BCUT2D eigenvalue weighted by Gasteiger charge is 2.58. The summed E-state index contributed by atoms with van der Waals surface area (Å²) in [7, 11) is 0. The first-order chi connectivity index (χ1) is 20.2. The first kappa shape index (κ1) is 26.3. The summed E-state index contributed by atoms with van der Waals surface area (Å²) >= 11 is 0. The van der Waals surface area contributed by atoms with Crippen molar-refractivity contribution in [2.24, 2.45) is 5.41 Å². The van der Waals surface area contributed by atoms with Gasteiger partial charge in [0, 0.05) is 45.8 Å². The van der Waals surface area contributed by atoms with Gasteiger partial charge in [-0.25, -0.2) is 13.4 Å². The number of aryl methyl sites for hydroxylation is 2. The highest BCUT2D eigenvalue weighted by atomic mass is 19.2. The number of nitrogens with one attached hydrogen (secondary N) is 3.